The van der Waals surface area contributed by atoms with Gasteiger partial charge < -0.3 is 4.74 Å². The second kappa shape index (κ2) is 7.59. The Morgan fingerprint density at radius 1 is 1.50 bits per heavy atom. The molecule has 8 nitrogen and oxygen atoms in total. The van der Waals surface area contributed by atoms with Crippen LogP contribution >= 0.6 is 34.7 Å². The summed E-state index contributed by atoms with van der Waals surface area (Å²) in [7, 11) is -3.61. The van der Waals surface area contributed by atoms with Crippen LogP contribution < -0.4 is 14.4 Å². The van der Waals surface area contributed by atoms with Gasteiger partial charge in [-0.25, -0.2) is 8.42 Å². The molecule has 3 rings (SSSR count). The molecule has 0 saturated heterocycles. The maximum Gasteiger partial charge on any atom is 0.269 e. The number of hydrogen-bond donors (Lipinski definition) is 1. The molecule has 0 radical (unpaired) electrons. The first kappa shape index (κ1) is 19.2. The van der Waals surface area contributed by atoms with Gasteiger partial charge in [-0.05, 0) is 24.0 Å². The summed E-state index contributed by atoms with van der Waals surface area (Å²) in [5.74, 6) is 0.617. The summed E-state index contributed by atoms with van der Waals surface area (Å²) in [4.78, 5) is 12.5. The van der Waals surface area contributed by atoms with Crippen molar-refractivity contribution in [3.63, 3.8) is 0 Å². The van der Waals surface area contributed by atoms with Crippen LogP contribution in [0.1, 0.15) is 6.92 Å². The molecule has 0 aliphatic carbocycles. The Labute approximate surface area is 163 Å². The summed E-state index contributed by atoms with van der Waals surface area (Å²) in [6.07, 6.45) is 0.0429. The van der Waals surface area contributed by atoms with Gasteiger partial charge in [0.05, 0.1) is 18.5 Å². The van der Waals surface area contributed by atoms with Gasteiger partial charge >= 0.3 is 0 Å². The van der Waals surface area contributed by atoms with E-state index in [0.717, 1.165) is 20.7 Å². The molecule has 2 aromatic rings. The van der Waals surface area contributed by atoms with Crippen LogP contribution in [0.2, 0.25) is 5.02 Å². The number of amides is 1. The fourth-order valence-electron chi connectivity index (χ4n) is 2.30. The third-order valence-corrected chi connectivity index (χ3v) is 6.62. The van der Waals surface area contributed by atoms with Crippen molar-refractivity contribution in [1.82, 2.24) is 10.2 Å². The van der Waals surface area contributed by atoms with Crippen molar-refractivity contribution in [3.8, 4) is 5.75 Å². The first-order valence-corrected chi connectivity index (χ1v) is 11.5. The number of nitrogens with one attached hydrogen (secondary N) is 1. The highest BCUT2D eigenvalue weighted by molar-refractivity contribution is 8.01. The smallest absolute Gasteiger partial charge is 0.269 e. The first-order chi connectivity index (χ1) is 12.3. The zero-order valence-corrected chi connectivity index (χ0v) is 17.0. The zero-order chi connectivity index (χ0) is 18.9. The molecule has 0 fully saturated rings. The van der Waals surface area contributed by atoms with E-state index >= 15 is 0 Å². The molecule has 1 aliphatic heterocycles. The Morgan fingerprint density at radius 3 is 2.96 bits per heavy atom. The summed E-state index contributed by atoms with van der Waals surface area (Å²) < 4.78 is 31.8. The number of benzene rings is 1. The maximum atomic E-state index is 12.5. The number of carbonyl (C=O) groups is 1. The van der Waals surface area contributed by atoms with Crippen molar-refractivity contribution >= 4 is 61.4 Å². The van der Waals surface area contributed by atoms with E-state index in [1.54, 1.807) is 6.07 Å². The fourth-order valence-corrected chi connectivity index (χ4v) is 5.03. The molecule has 1 atom stereocenters. The molecule has 140 valence electrons. The van der Waals surface area contributed by atoms with Gasteiger partial charge in [0.25, 0.3) is 5.91 Å². The second-order valence-corrected chi connectivity index (χ2v) is 10.1. The number of hydrogen-bond acceptors (Lipinski definition) is 8. The van der Waals surface area contributed by atoms with E-state index in [0.29, 0.717) is 15.8 Å². The molecule has 1 amide bonds. The van der Waals surface area contributed by atoms with E-state index in [1.807, 2.05) is 6.92 Å². The third kappa shape index (κ3) is 4.22. The lowest BCUT2D eigenvalue weighted by Gasteiger charge is -2.33. The lowest BCUT2D eigenvalue weighted by molar-refractivity contribution is -0.122. The molecule has 26 heavy (non-hydrogen) atoms. The molecule has 1 unspecified atom stereocenters. The Bertz CT molecular complexity index is 934. The number of ether oxygens (including phenoxy) is 1. The van der Waals surface area contributed by atoms with Crippen molar-refractivity contribution in [2.24, 2.45) is 0 Å². The minimum absolute atomic E-state index is 0.159. The minimum Gasteiger partial charge on any atom is -0.476 e. The van der Waals surface area contributed by atoms with Crippen LogP contribution in [0.15, 0.2) is 22.5 Å². The summed E-state index contributed by atoms with van der Waals surface area (Å²) in [6, 6.07) is 4.60. The Kier molecular flexibility index (Phi) is 5.61. The number of rotatable bonds is 5. The van der Waals surface area contributed by atoms with E-state index in [1.165, 1.54) is 35.2 Å². The SMILES string of the molecule is CCSc1nnc(NC(=O)C2CN(S(C)(=O)=O)c3cc(Cl)ccc3O2)s1. The monoisotopic (exact) mass is 434 g/mol. The number of thioether (sulfide) groups is 1. The van der Waals surface area contributed by atoms with Gasteiger partial charge in [-0.1, -0.05) is 41.6 Å². The van der Waals surface area contributed by atoms with Crippen LogP contribution in [0.3, 0.4) is 0 Å². The minimum atomic E-state index is -3.61. The molecule has 0 bridgehead atoms. The van der Waals surface area contributed by atoms with E-state index in [-0.39, 0.29) is 12.3 Å². The number of halogens is 1. The predicted molar refractivity (Wildman–Crippen MR) is 103 cm³/mol. The summed E-state index contributed by atoms with van der Waals surface area (Å²) >= 11 is 8.72. The lowest BCUT2D eigenvalue weighted by Crippen LogP contribution is -2.48. The van der Waals surface area contributed by atoms with Gasteiger partial charge in [0, 0.05) is 5.02 Å². The van der Waals surface area contributed by atoms with E-state index in [2.05, 4.69) is 15.5 Å². The molecule has 0 saturated carbocycles. The van der Waals surface area contributed by atoms with Crippen LogP contribution in [-0.2, 0) is 14.8 Å². The fraction of sp³-hybridized carbons (Fsp3) is 0.357. The van der Waals surface area contributed by atoms with E-state index in [4.69, 9.17) is 16.3 Å². The highest BCUT2D eigenvalue weighted by Gasteiger charge is 2.35. The van der Waals surface area contributed by atoms with Crippen LogP contribution in [0.5, 0.6) is 5.75 Å². The highest BCUT2D eigenvalue weighted by atomic mass is 35.5. The van der Waals surface area contributed by atoms with Crippen molar-refractivity contribution in [2.45, 2.75) is 17.4 Å². The summed E-state index contributed by atoms with van der Waals surface area (Å²) in [5, 5.41) is 11.2. The van der Waals surface area contributed by atoms with Crippen LogP contribution in [-0.4, -0.2) is 49.2 Å². The molecular weight excluding hydrogens is 420 g/mol. The van der Waals surface area contributed by atoms with Crippen molar-refractivity contribution in [3.05, 3.63) is 23.2 Å². The van der Waals surface area contributed by atoms with Gasteiger partial charge in [0.15, 0.2) is 10.4 Å². The first-order valence-electron chi connectivity index (χ1n) is 7.49. The molecule has 2 heterocycles. The molecule has 0 spiro atoms. The normalized spacial score (nSPS) is 16.7. The van der Waals surface area contributed by atoms with Crippen LogP contribution in [0.25, 0.3) is 0 Å². The standard InChI is InChI=1S/C14H15ClN4O4S3/c1-3-24-14-18-17-13(25-14)16-12(20)11-7-19(26(2,21)22)9-6-8(15)4-5-10(9)23-11/h4-6,11H,3,7H2,1-2H3,(H,16,17,20). The maximum absolute atomic E-state index is 12.5. The van der Waals surface area contributed by atoms with Gasteiger partial charge in [0.2, 0.25) is 15.2 Å². The largest absolute Gasteiger partial charge is 0.476 e. The van der Waals surface area contributed by atoms with Gasteiger partial charge in [-0.2, -0.15) is 0 Å². The van der Waals surface area contributed by atoms with Crippen LogP contribution in [0.4, 0.5) is 10.8 Å². The highest BCUT2D eigenvalue weighted by Crippen LogP contribution is 2.37. The average Bonchev–Trinajstić information content (AvgIpc) is 3.00. The Hall–Kier alpha value is -1.56. The summed E-state index contributed by atoms with van der Waals surface area (Å²) in [6.45, 7) is 1.83. The van der Waals surface area contributed by atoms with Crippen molar-refractivity contribution in [1.29, 1.82) is 0 Å². The number of carbonyl (C=O) groups excluding carboxylic acids is 1. The Morgan fingerprint density at radius 2 is 2.27 bits per heavy atom. The number of aromatic nitrogens is 2. The predicted octanol–water partition coefficient (Wildman–Crippen LogP) is 2.47. The summed E-state index contributed by atoms with van der Waals surface area (Å²) in [5.41, 5.74) is 0.307. The van der Waals surface area contributed by atoms with E-state index < -0.39 is 22.0 Å². The van der Waals surface area contributed by atoms with Crippen molar-refractivity contribution in [2.75, 3.05) is 28.2 Å². The number of fused-ring (bicyclic) bond motifs is 1. The second-order valence-electron chi connectivity index (χ2n) is 5.31. The molecule has 1 aliphatic rings. The van der Waals surface area contributed by atoms with Gasteiger partial charge in [-0.3, -0.25) is 14.4 Å². The zero-order valence-electron chi connectivity index (χ0n) is 13.8. The molecule has 1 N–H and O–H groups in total. The molecule has 12 heteroatoms. The number of sulfonamides is 1. The Balaban J connectivity index is 1.82. The third-order valence-electron chi connectivity index (χ3n) is 3.39. The number of nitrogens with zero attached hydrogens (tertiary/aromatic N) is 3. The molecule has 1 aromatic carbocycles. The van der Waals surface area contributed by atoms with E-state index in [9.17, 15) is 13.2 Å². The topological polar surface area (TPSA) is 101 Å². The lowest BCUT2D eigenvalue weighted by atomic mass is 10.2. The molecule has 1 aromatic heterocycles. The van der Waals surface area contributed by atoms with Crippen LogP contribution in [0, 0.1) is 0 Å². The quantitative estimate of drug-likeness (QED) is 0.569. The van der Waals surface area contributed by atoms with Crippen molar-refractivity contribution < 1.29 is 17.9 Å². The average molecular weight is 435 g/mol. The number of anilines is 2. The molecular formula is C14H15ClN4O4S3. The van der Waals surface area contributed by atoms with Gasteiger partial charge in [0.1, 0.15) is 5.75 Å². The van der Waals surface area contributed by atoms with Gasteiger partial charge in [-0.15, -0.1) is 10.2 Å².